The Kier molecular flexibility index (Phi) is 24.0. The lowest BCUT2D eigenvalue weighted by atomic mass is 9.96. The van der Waals surface area contributed by atoms with Gasteiger partial charge in [-0.25, -0.2) is 0 Å². The fourth-order valence-corrected chi connectivity index (χ4v) is 7.37. The van der Waals surface area contributed by atoms with Crippen LogP contribution in [0.5, 0.6) is 23.0 Å². The molecule has 3 N–H and O–H groups in total. The van der Waals surface area contributed by atoms with Gasteiger partial charge in [-0.1, -0.05) is 129 Å². The summed E-state index contributed by atoms with van der Waals surface area (Å²) in [4.78, 5) is 32.6. The highest BCUT2D eigenvalue weighted by Gasteiger charge is 2.13. The predicted octanol–water partition coefficient (Wildman–Crippen LogP) is 12.9. The maximum atomic E-state index is 11.3. The maximum Gasteiger partial charge on any atom is 0.157 e. The summed E-state index contributed by atoms with van der Waals surface area (Å²) in [6.45, 7) is 9.49. The van der Waals surface area contributed by atoms with E-state index in [0.717, 1.165) is 59.4 Å². The molecule has 0 aliphatic heterocycles. The Morgan fingerprint density at radius 1 is 0.559 bits per heavy atom. The van der Waals surface area contributed by atoms with E-state index in [1.807, 2.05) is 54.6 Å². The van der Waals surface area contributed by atoms with Crippen LogP contribution in [0.25, 0.3) is 46.6 Å². The number of nitrogens with two attached hydrogens (primary N) is 1. The molecule has 0 atom stereocenters. The summed E-state index contributed by atoms with van der Waals surface area (Å²) in [5.41, 5.74) is 18.0. The quantitative estimate of drug-likeness (QED) is 0.0437. The van der Waals surface area contributed by atoms with Crippen LogP contribution in [0.4, 0.5) is 0 Å². The van der Waals surface area contributed by atoms with Crippen LogP contribution < -0.4 is 30.0 Å². The predicted molar refractivity (Wildman–Crippen MR) is 283 cm³/mol. The highest BCUT2D eigenvalue weighted by Crippen LogP contribution is 2.34. The summed E-state index contributed by atoms with van der Waals surface area (Å²) in [5, 5.41) is 3.38. The van der Waals surface area contributed by atoms with E-state index in [1.54, 1.807) is 42.3 Å². The lowest BCUT2D eigenvalue weighted by Crippen LogP contribution is -2.16. The Hall–Kier alpha value is -7.07. The van der Waals surface area contributed by atoms with Crippen LogP contribution in [0.1, 0.15) is 96.3 Å². The molecule has 9 heteroatoms. The van der Waals surface area contributed by atoms with Gasteiger partial charge in [0, 0.05) is 24.9 Å². The van der Waals surface area contributed by atoms with E-state index in [0.29, 0.717) is 43.0 Å². The van der Waals surface area contributed by atoms with Crippen molar-refractivity contribution in [2.45, 2.75) is 67.3 Å². The molecule has 0 heterocycles. The summed E-state index contributed by atoms with van der Waals surface area (Å²) >= 11 is 0. The lowest BCUT2D eigenvalue weighted by Gasteiger charge is -2.15. The average molecular weight is 919 g/mol. The zero-order chi connectivity index (χ0) is 48.6. The fourth-order valence-electron chi connectivity index (χ4n) is 7.37. The number of aldehydes is 1. The summed E-state index contributed by atoms with van der Waals surface area (Å²) in [6, 6.07) is 41.2. The molecule has 9 nitrogen and oxygen atoms in total. The van der Waals surface area contributed by atoms with Crippen molar-refractivity contribution in [3.05, 3.63) is 166 Å². The third-order valence-corrected chi connectivity index (χ3v) is 11.1. The maximum absolute atomic E-state index is 11.3. The number of benzene rings is 6. The van der Waals surface area contributed by atoms with Crippen molar-refractivity contribution in [1.82, 2.24) is 5.32 Å². The molecule has 0 spiro atoms. The number of Topliss-reactive ketones (excluding diaryl/α,β-unsaturated/α-hetero) is 2. The van der Waals surface area contributed by atoms with E-state index >= 15 is 0 Å². The molecule has 0 aromatic heterocycles. The van der Waals surface area contributed by atoms with Crippen LogP contribution in [0.2, 0.25) is 0 Å². The first-order valence-electron chi connectivity index (χ1n) is 22.5. The Balaban J connectivity index is 0.000000316. The highest BCUT2D eigenvalue weighted by molar-refractivity contribution is 5.86. The summed E-state index contributed by atoms with van der Waals surface area (Å²) in [7, 11) is 6.44. The molecule has 0 aliphatic rings. The summed E-state index contributed by atoms with van der Waals surface area (Å²) in [5.74, 6) is 3.00. The Labute approximate surface area is 405 Å². The van der Waals surface area contributed by atoms with E-state index in [-0.39, 0.29) is 19.0 Å². The van der Waals surface area contributed by atoms with Crippen LogP contribution >= 0.6 is 0 Å². The number of carbonyl (C=O) groups excluding carboxylic acids is 3. The van der Waals surface area contributed by atoms with Crippen molar-refractivity contribution in [3.8, 4) is 45.3 Å². The minimum absolute atomic E-state index is 0. The van der Waals surface area contributed by atoms with Gasteiger partial charge in [0.25, 0.3) is 0 Å². The van der Waals surface area contributed by atoms with Crippen molar-refractivity contribution < 1.29 is 33.3 Å². The number of methoxy groups -OCH3 is 4. The lowest BCUT2D eigenvalue weighted by molar-refractivity contribution is -0.117. The molecule has 0 amide bonds. The molecule has 0 radical (unpaired) electrons. The minimum atomic E-state index is 0. The first-order chi connectivity index (χ1) is 32.5. The third-order valence-electron chi connectivity index (χ3n) is 11.1. The number of hydrogen-bond donors (Lipinski definition) is 2. The molecule has 6 aromatic carbocycles. The SMILES string of the molecule is C.CC(=O)CCCN.COc1cc(/C=C/c2cccc(-c3ccccc3)c2C)cc(OC)c1C=O.COc1cc(/C=C/c2cccc(-c3ccccc3)c2C)cc(OC)c1CNCCCC(C)=O. The monoisotopic (exact) mass is 919 g/mol. The molecule has 0 saturated carbocycles. The number of ether oxygens (including phenoxy) is 4. The van der Waals surface area contributed by atoms with Gasteiger partial charge in [-0.15, -0.1) is 0 Å². The number of ketones is 2. The molecular weight excluding hydrogens is 849 g/mol. The average Bonchev–Trinajstić information content (AvgIpc) is 3.35. The number of carbonyl (C=O) groups is 3. The zero-order valence-electron chi connectivity index (χ0n) is 40.3. The molecular formula is C59H70N2O7. The number of rotatable bonds is 20. The van der Waals surface area contributed by atoms with Crippen molar-refractivity contribution in [1.29, 1.82) is 0 Å². The standard InChI is InChI=1S/C29H33NO3.C24H22O3.C5H11NO.CH4/c1-21(31)10-9-17-30-20-27-28(32-3)18-23(19-29(27)33-4)15-16-24-13-8-14-26(22(24)2)25-11-6-5-7-12-25;1-17-19(10-7-11-21(17)20-8-5-4-6-9-20)13-12-18-14-23(26-2)22(16-25)24(15-18)27-3;1-5(7)3-2-4-6;/h5-8,11-16,18-19,30H,9-10,17,20H2,1-4H3;4-16H,1-3H3;2-4,6H2,1H3;1H4/b16-15+;13-12+;;. The Morgan fingerprint density at radius 3 is 1.34 bits per heavy atom. The van der Waals surface area contributed by atoms with Gasteiger partial charge in [0.2, 0.25) is 0 Å². The van der Waals surface area contributed by atoms with Crippen LogP contribution in [-0.4, -0.2) is 59.4 Å². The molecule has 6 rings (SSSR count). The van der Waals surface area contributed by atoms with Crippen LogP contribution in [0, 0.1) is 13.8 Å². The van der Waals surface area contributed by atoms with Crippen LogP contribution in [-0.2, 0) is 16.1 Å². The number of nitrogens with one attached hydrogen (secondary N) is 1. The van der Waals surface area contributed by atoms with E-state index in [9.17, 15) is 14.4 Å². The van der Waals surface area contributed by atoms with Crippen LogP contribution in [0.3, 0.4) is 0 Å². The smallest absolute Gasteiger partial charge is 0.157 e. The first kappa shape index (κ1) is 55.3. The van der Waals surface area contributed by atoms with E-state index in [2.05, 4.69) is 110 Å². The molecule has 0 fully saturated rings. The molecule has 358 valence electrons. The van der Waals surface area contributed by atoms with Crippen molar-refractivity contribution in [3.63, 3.8) is 0 Å². The van der Waals surface area contributed by atoms with E-state index in [1.165, 1.54) is 38.9 Å². The second-order valence-corrected chi connectivity index (χ2v) is 15.9. The van der Waals surface area contributed by atoms with Crippen molar-refractivity contribution in [2.75, 3.05) is 41.5 Å². The Bertz CT molecular complexity index is 2530. The molecule has 68 heavy (non-hydrogen) atoms. The number of hydrogen-bond acceptors (Lipinski definition) is 9. The Morgan fingerprint density at radius 2 is 0.971 bits per heavy atom. The highest BCUT2D eigenvalue weighted by atomic mass is 16.5. The van der Waals surface area contributed by atoms with Crippen molar-refractivity contribution >= 4 is 42.2 Å². The van der Waals surface area contributed by atoms with E-state index in [4.69, 9.17) is 24.7 Å². The van der Waals surface area contributed by atoms with Gasteiger partial charge in [0.05, 0.1) is 34.0 Å². The second-order valence-electron chi connectivity index (χ2n) is 15.9. The molecule has 0 saturated heterocycles. The van der Waals surface area contributed by atoms with Crippen molar-refractivity contribution in [2.24, 2.45) is 5.73 Å². The topological polar surface area (TPSA) is 126 Å². The van der Waals surface area contributed by atoms with Gasteiger partial charge in [0.1, 0.15) is 34.6 Å². The fraction of sp³-hybridized carbons (Fsp3) is 0.271. The van der Waals surface area contributed by atoms with Gasteiger partial charge < -0.3 is 39.6 Å². The molecule has 0 aliphatic carbocycles. The minimum Gasteiger partial charge on any atom is -0.496 e. The molecule has 0 unspecified atom stereocenters. The van der Waals surface area contributed by atoms with Gasteiger partial charge in [0.15, 0.2) is 6.29 Å². The first-order valence-corrected chi connectivity index (χ1v) is 22.5. The molecule has 6 aromatic rings. The third kappa shape index (κ3) is 16.7. The summed E-state index contributed by atoms with van der Waals surface area (Å²) in [6.07, 6.45) is 11.9. The second kappa shape index (κ2) is 29.5. The van der Waals surface area contributed by atoms with Gasteiger partial charge >= 0.3 is 0 Å². The normalized spacial score (nSPS) is 10.5. The van der Waals surface area contributed by atoms with E-state index < -0.39 is 0 Å². The van der Waals surface area contributed by atoms with Gasteiger partial charge in [-0.05, 0) is 134 Å². The van der Waals surface area contributed by atoms with Crippen LogP contribution in [0.15, 0.2) is 121 Å². The summed E-state index contributed by atoms with van der Waals surface area (Å²) < 4.78 is 22.0. The molecule has 0 bridgehead atoms. The zero-order valence-corrected chi connectivity index (χ0v) is 40.3. The largest absolute Gasteiger partial charge is 0.496 e. The van der Waals surface area contributed by atoms with Gasteiger partial charge in [-0.2, -0.15) is 0 Å². The van der Waals surface area contributed by atoms with Gasteiger partial charge in [-0.3, -0.25) is 4.79 Å².